The van der Waals surface area contributed by atoms with E-state index < -0.39 is 15.3 Å². The Morgan fingerprint density at radius 1 is 1.46 bits per heavy atom. The van der Waals surface area contributed by atoms with Crippen molar-refractivity contribution in [3.63, 3.8) is 0 Å². The molecule has 1 aliphatic carbocycles. The van der Waals surface area contributed by atoms with E-state index in [1.807, 2.05) is 0 Å². The second kappa shape index (κ2) is 3.53. The molecule has 2 N–H and O–H groups in total. The molecule has 0 heterocycles. The van der Waals surface area contributed by atoms with E-state index in [2.05, 4.69) is 0 Å². The van der Waals surface area contributed by atoms with Crippen LogP contribution in [0.1, 0.15) is 25.7 Å². The minimum atomic E-state index is -2.98. The standard InChI is InChI=1S/C8H15NO2S2/c1-13(10,11)6-8(7(9)12)4-2-3-5-8/h2-6H2,1H3,(H2,9,12). The zero-order chi connectivity index (χ0) is 10.1. The minimum Gasteiger partial charge on any atom is -0.393 e. The number of thiocarbonyl (C=S) groups is 1. The topological polar surface area (TPSA) is 60.2 Å². The van der Waals surface area contributed by atoms with Gasteiger partial charge in [-0.05, 0) is 12.8 Å². The van der Waals surface area contributed by atoms with Crippen LogP contribution in [-0.2, 0) is 9.84 Å². The molecule has 1 rings (SSSR count). The van der Waals surface area contributed by atoms with Crippen molar-refractivity contribution in [2.75, 3.05) is 12.0 Å². The van der Waals surface area contributed by atoms with Gasteiger partial charge in [-0.3, -0.25) is 0 Å². The first-order chi connectivity index (χ1) is 5.86. The fourth-order valence-corrected chi connectivity index (χ4v) is 3.83. The number of hydrogen-bond acceptors (Lipinski definition) is 3. The SMILES string of the molecule is CS(=O)(=O)CC1(C(N)=S)CCCC1. The Balaban J connectivity index is 2.86. The van der Waals surface area contributed by atoms with E-state index in [1.54, 1.807) is 0 Å². The lowest BCUT2D eigenvalue weighted by atomic mass is 9.89. The van der Waals surface area contributed by atoms with Gasteiger partial charge in [0, 0.05) is 11.7 Å². The maximum absolute atomic E-state index is 11.2. The maximum atomic E-state index is 11.2. The molecule has 13 heavy (non-hydrogen) atoms. The summed E-state index contributed by atoms with van der Waals surface area (Å²) in [5.74, 6) is 0.120. The number of rotatable bonds is 3. The van der Waals surface area contributed by atoms with Crippen LogP contribution < -0.4 is 5.73 Å². The molecule has 5 heteroatoms. The van der Waals surface area contributed by atoms with Gasteiger partial charge in [0.2, 0.25) is 0 Å². The summed E-state index contributed by atoms with van der Waals surface area (Å²) in [6.07, 6.45) is 4.97. The van der Waals surface area contributed by atoms with Gasteiger partial charge in [-0.25, -0.2) is 8.42 Å². The molecule has 0 amide bonds. The van der Waals surface area contributed by atoms with Crippen LogP contribution in [0.15, 0.2) is 0 Å². The zero-order valence-corrected chi connectivity index (χ0v) is 9.38. The Morgan fingerprint density at radius 3 is 2.23 bits per heavy atom. The van der Waals surface area contributed by atoms with Crippen LogP contribution in [0.2, 0.25) is 0 Å². The molecule has 0 aromatic rings. The van der Waals surface area contributed by atoms with Crippen LogP contribution >= 0.6 is 12.2 Å². The fraction of sp³-hybridized carbons (Fsp3) is 0.875. The molecular weight excluding hydrogens is 206 g/mol. The van der Waals surface area contributed by atoms with Crippen molar-refractivity contribution in [1.29, 1.82) is 0 Å². The van der Waals surface area contributed by atoms with Gasteiger partial charge in [-0.1, -0.05) is 25.1 Å². The first kappa shape index (κ1) is 10.9. The maximum Gasteiger partial charge on any atom is 0.148 e. The first-order valence-corrected chi connectivity index (χ1v) is 6.80. The smallest absolute Gasteiger partial charge is 0.148 e. The van der Waals surface area contributed by atoms with Gasteiger partial charge >= 0.3 is 0 Å². The fourth-order valence-electron chi connectivity index (χ4n) is 2.02. The van der Waals surface area contributed by atoms with Crippen LogP contribution in [0.5, 0.6) is 0 Å². The van der Waals surface area contributed by atoms with Crippen LogP contribution in [-0.4, -0.2) is 25.4 Å². The molecule has 0 unspecified atom stereocenters. The van der Waals surface area contributed by atoms with Gasteiger partial charge in [-0.2, -0.15) is 0 Å². The van der Waals surface area contributed by atoms with Gasteiger partial charge in [0.1, 0.15) is 9.84 Å². The van der Waals surface area contributed by atoms with Crippen molar-refractivity contribution in [1.82, 2.24) is 0 Å². The molecule has 0 aliphatic heterocycles. The van der Waals surface area contributed by atoms with Crippen LogP contribution in [0.3, 0.4) is 0 Å². The molecule has 0 aromatic heterocycles. The number of sulfone groups is 1. The van der Waals surface area contributed by atoms with Crippen molar-refractivity contribution < 1.29 is 8.42 Å². The van der Waals surface area contributed by atoms with E-state index in [4.69, 9.17) is 18.0 Å². The predicted molar refractivity (Wildman–Crippen MR) is 57.4 cm³/mol. The molecule has 76 valence electrons. The Labute approximate surface area is 84.6 Å². The number of hydrogen-bond donors (Lipinski definition) is 1. The normalized spacial score (nSPS) is 21.6. The summed E-state index contributed by atoms with van der Waals surface area (Å²) < 4.78 is 22.4. The molecular formula is C8H15NO2S2. The summed E-state index contributed by atoms with van der Waals surface area (Å²) >= 11 is 4.95. The van der Waals surface area contributed by atoms with Crippen molar-refractivity contribution in [3.8, 4) is 0 Å². The summed E-state index contributed by atoms with van der Waals surface area (Å²) in [6.45, 7) is 0. The molecule has 1 aliphatic rings. The van der Waals surface area contributed by atoms with Crippen molar-refractivity contribution in [2.45, 2.75) is 25.7 Å². The molecule has 3 nitrogen and oxygen atoms in total. The lowest BCUT2D eigenvalue weighted by Gasteiger charge is -2.26. The lowest BCUT2D eigenvalue weighted by Crippen LogP contribution is -2.39. The molecule has 0 saturated heterocycles. The lowest BCUT2D eigenvalue weighted by molar-refractivity contribution is 0.482. The third kappa shape index (κ3) is 2.64. The van der Waals surface area contributed by atoms with Crippen LogP contribution in [0.4, 0.5) is 0 Å². The average molecular weight is 221 g/mol. The van der Waals surface area contributed by atoms with Gasteiger partial charge in [-0.15, -0.1) is 0 Å². The van der Waals surface area contributed by atoms with Gasteiger partial charge in [0.05, 0.1) is 10.7 Å². The van der Waals surface area contributed by atoms with Crippen molar-refractivity contribution in [2.24, 2.45) is 11.1 Å². The van der Waals surface area contributed by atoms with E-state index in [0.29, 0.717) is 4.99 Å². The Kier molecular flexibility index (Phi) is 2.97. The Bertz CT molecular complexity index is 302. The Morgan fingerprint density at radius 2 is 1.92 bits per heavy atom. The summed E-state index contributed by atoms with van der Waals surface area (Å²) in [5.41, 5.74) is 5.21. The Hall–Kier alpha value is -0.160. The number of nitrogens with two attached hydrogens (primary N) is 1. The third-order valence-electron chi connectivity index (χ3n) is 2.62. The van der Waals surface area contributed by atoms with E-state index in [1.165, 1.54) is 6.26 Å². The average Bonchev–Trinajstić information content (AvgIpc) is 2.33. The van der Waals surface area contributed by atoms with Gasteiger partial charge in [0.25, 0.3) is 0 Å². The van der Waals surface area contributed by atoms with Crippen LogP contribution in [0, 0.1) is 5.41 Å². The van der Waals surface area contributed by atoms with E-state index in [9.17, 15) is 8.42 Å². The van der Waals surface area contributed by atoms with Crippen LogP contribution in [0.25, 0.3) is 0 Å². The van der Waals surface area contributed by atoms with E-state index >= 15 is 0 Å². The second-order valence-corrected chi connectivity index (χ2v) is 6.50. The minimum absolute atomic E-state index is 0.120. The molecule has 1 saturated carbocycles. The summed E-state index contributed by atoms with van der Waals surface area (Å²) in [4.78, 5) is 0.371. The van der Waals surface area contributed by atoms with Crippen molar-refractivity contribution >= 4 is 27.0 Å². The molecule has 0 aromatic carbocycles. The molecule has 0 bridgehead atoms. The third-order valence-corrected chi connectivity index (χ3v) is 4.13. The summed E-state index contributed by atoms with van der Waals surface area (Å²) in [6, 6.07) is 0. The second-order valence-electron chi connectivity index (χ2n) is 3.92. The largest absolute Gasteiger partial charge is 0.393 e. The first-order valence-electron chi connectivity index (χ1n) is 4.33. The summed E-state index contributed by atoms with van der Waals surface area (Å²) in [5, 5.41) is 0. The molecule has 0 radical (unpaired) electrons. The zero-order valence-electron chi connectivity index (χ0n) is 7.75. The van der Waals surface area contributed by atoms with Gasteiger partial charge < -0.3 is 5.73 Å². The highest BCUT2D eigenvalue weighted by Crippen LogP contribution is 2.39. The van der Waals surface area contributed by atoms with E-state index in [0.717, 1.165) is 25.7 Å². The predicted octanol–water partition coefficient (Wildman–Crippen LogP) is 0.877. The van der Waals surface area contributed by atoms with Gasteiger partial charge in [0.15, 0.2) is 0 Å². The highest BCUT2D eigenvalue weighted by molar-refractivity contribution is 7.90. The van der Waals surface area contributed by atoms with E-state index in [-0.39, 0.29) is 5.75 Å². The van der Waals surface area contributed by atoms with Crippen molar-refractivity contribution in [3.05, 3.63) is 0 Å². The molecule has 1 fully saturated rings. The highest BCUT2D eigenvalue weighted by atomic mass is 32.2. The summed E-state index contributed by atoms with van der Waals surface area (Å²) in [7, 11) is -2.98. The molecule has 0 atom stereocenters. The monoisotopic (exact) mass is 221 g/mol. The highest BCUT2D eigenvalue weighted by Gasteiger charge is 2.39. The molecule has 0 spiro atoms. The quantitative estimate of drug-likeness (QED) is 0.719.